The zero-order valence-corrected chi connectivity index (χ0v) is 3.20. The fraction of sp³-hybridized carbons (Fsp3) is 0. The smallest absolute Gasteiger partial charge is 0.374 e. The Labute approximate surface area is 38.2 Å². The zero-order valence-electron chi connectivity index (χ0n) is 3.20. The monoisotopic (exact) mass is 102 g/mol. The lowest BCUT2D eigenvalue weighted by atomic mass is 10.8. The summed E-state index contributed by atoms with van der Waals surface area (Å²) in [4.78, 5) is 0. The van der Waals surface area contributed by atoms with Crippen molar-refractivity contribution < 1.29 is 14.7 Å². The van der Waals surface area contributed by atoms with Gasteiger partial charge in [0, 0.05) is 5.27 Å². The van der Waals surface area contributed by atoms with Gasteiger partial charge >= 0.3 is 11.8 Å². The van der Waals surface area contributed by atoms with Crippen molar-refractivity contribution in [2.45, 2.75) is 0 Å². The summed E-state index contributed by atoms with van der Waals surface area (Å²) in [5.74, 6) is -1.24. The molecule has 0 aliphatic rings. The molecule has 0 aliphatic carbocycles. The van der Waals surface area contributed by atoms with Crippen LogP contribution in [0.3, 0.4) is 0 Å². The van der Waals surface area contributed by atoms with Crippen molar-refractivity contribution in [2.75, 3.05) is 0 Å². The Morgan fingerprint density at radius 2 is 2.14 bits per heavy atom. The average Bonchev–Trinajstić information content (AvgIpc) is 1.91. The Bertz CT molecular complexity index is 143. The molecular formula is C2H2N2O3. The highest BCUT2D eigenvalue weighted by atomic mass is 16.6. The number of hydrogen-bond donors (Lipinski definition) is 2. The molecule has 0 fully saturated rings. The number of rotatable bonds is 0. The van der Waals surface area contributed by atoms with E-state index in [1.165, 1.54) is 0 Å². The topological polar surface area (TPSA) is 79.4 Å². The fourth-order valence-corrected chi connectivity index (χ4v) is 0.181. The normalized spacial score (nSPS) is 9.14. The van der Waals surface area contributed by atoms with E-state index >= 15 is 0 Å². The van der Waals surface area contributed by atoms with Crippen LogP contribution in [-0.4, -0.2) is 20.6 Å². The van der Waals surface area contributed by atoms with Crippen molar-refractivity contribution in [3.63, 3.8) is 0 Å². The molecule has 7 heavy (non-hydrogen) atoms. The van der Waals surface area contributed by atoms with Crippen LogP contribution in [0.5, 0.6) is 11.8 Å². The Morgan fingerprint density at radius 3 is 2.29 bits per heavy atom. The maximum atomic E-state index is 8.24. The Balaban J connectivity index is 3.12. The van der Waals surface area contributed by atoms with E-state index in [1.54, 1.807) is 0 Å². The van der Waals surface area contributed by atoms with Crippen molar-refractivity contribution in [3.05, 3.63) is 0 Å². The number of nitrogens with zero attached hydrogens (tertiary/aromatic N) is 2. The molecule has 0 atom stereocenters. The first kappa shape index (κ1) is 3.91. The summed E-state index contributed by atoms with van der Waals surface area (Å²) < 4.78 is 3.91. The minimum Gasteiger partial charge on any atom is -0.487 e. The highest BCUT2D eigenvalue weighted by molar-refractivity contribution is 5.13. The number of aromatic hydroxyl groups is 2. The predicted molar refractivity (Wildman–Crippen MR) is 17.6 cm³/mol. The van der Waals surface area contributed by atoms with Gasteiger partial charge in [-0.2, -0.15) is 0 Å². The molecule has 1 heterocycles. The summed E-state index contributed by atoms with van der Waals surface area (Å²) in [6.07, 6.45) is 0. The lowest BCUT2D eigenvalue weighted by Crippen LogP contribution is -1.60. The van der Waals surface area contributed by atoms with E-state index in [2.05, 4.69) is 14.9 Å². The molecule has 0 aliphatic heterocycles. The second-order valence-electron chi connectivity index (χ2n) is 0.902. The largest absolute Gasteiger partial charge is 0.487 e. The first-order valence-corrected chi connectivity index (χ1v) is 1.51. The quantitative estimate of drug-likeness (QED) is 0.460. The zero-order chi connectivity index (χ0) is 5.28. The third-order valence-corrected chi connectivity index (χ3v) is 0.454. The summed E-state index contributed by atoms with van der Waals surface area (Å²) in [7, 11) is 0. The van der Waals surface area contributed by atoms with E-state index < -0.39 is 11.8 Å². The van der Waals surface area contributed by atoms with Gasteiger partial charge in [0.2, 0.25) is 0 Å². The number of hydrogen-bond acceptors (Lipinski definition) is 5. The first-order chi connectivity index (χ1) is 3.30. The van der Waals surface area contributed by atoms with E-state index in [0.29, 0.717) is 0 Å². The van der Waals surface area contributed by atoms with Crippen molar-refractivity contribution in [1.29, 1.82) is 0 Å². The molecule has 0 aromatic carbocycles. The summed E-state index contributed by atoms with van der Waals surface area (Å²) in [5, 5.41) is 22.2. The molecule has 2 N–H and O–H groups in total. The molecule has 0 spiro atoms. The van der Waals surface area contributed by atoms with Crippen molar-refractivity contribution >= 4 is 0 Å². The van der Waals surface area contributed by atoms with E-state index in [4.69, 9.17) is 10.2 Å². The molecule has 0 amide bonds. The van der Waals surface area contributed by atoms with Gasteiger partial charge < -0.3 is 10.2 Å². The van der Waals surface area contributed by atoms with Gasteiger partial charge in [-0.3, -0.25) is 4.52 Å². The predicted octanol–water partition coefficient (Wildman–Crippen LogP) is -0.519. The molecule has 5 nitrogen and oxygen atoms in total. The molecule has 38 valence electrons. The van der Waals surface area contributed by atoms with E-state index in [9.17, 15) is 0 Å². The maximum Gasteiger partial charge on any atom is 0.374 e. The van der Waals surface area contributed by atoms with Gasteiger partial charge in [-0.15, -0.1) is 0 Å². The Kier molecular flexibility index (Phi) is 0.619. The summed E-state index contributed by atoms with van der Waals surface area (Å²) in [6.45, 7) is 0. The molecule has 0 bridgehead atoms. The Hall–Kier alpha value is -1.26. The third-order valence-electron chi connectivity index (χ3n) is 0.454. The van der Waals surface area contributed by atoms with Crippen LogP contribution >= 0.6 is 0 Å². The molecule has 0 radical (unpaired) electrons. The standard InChI is InChI=1S/C2H2N2O3/c5-1-2(6)7-4-3-1/h5-6H. The van der Waals surface area contributed by atoms with Crippen molar-refractivity contribution in [3.8, 4) is 11.8 Å². The molecular weight excluding hydrogens is 100 g/mol. The average molecular weight is 102 g/mol. The summed E-state index contributed by atoms with van der Waals surface area (Å²) in [6, 6.07) is 0. The molecule has 0 saturated carbocycles. The van der Waals surface area contributed by atoms with Crippen molar-refractivity contribution in [1.82, 2.24) is 10.4 Å². The minimum atomic E-state index is -0.653. The van der Waals surface area contributed by atoms with Crippen LogP contribution in [0, 0.1) is 0 Å². The van der Waals surface area contributed by atoms with Crippen LogP contribution in [0.15, 0.2) is 4.52 Å². The van der Waals surface area contributed by atoms with Crippen molar-refractivity contribution in [2.24, 2.45) is 0 Å². The van der Waals surface area contributed by atoms with Crippen LogP contribution in [0.25, 0.3) is 0 Å². The lowest BCUT2D eigenvalue weighted by Gasteiger charge is -1.72. The fourth-order valence-electron chi connectivity index (χ4n) is 0.181. The first-order valence-electron chi connectivity index (χ1n) is 1.51. The van der Waals surface area contributed by atoms with Crippen LogP contribution in [-0.2, 0) is 0 Å². The molecule has 5 heteroatoms. The van der Waals surface area contributed by atoms with E-state index in [0.717, 1.165) is 0 Å². The number of aromatic nitrogens is 2. The van der Waals surface area contributed by atoms with Crippen LogP contribution in [0.1, 0.15) is 0 Å². The van der Waals surface area contributed by atoms with Gasteiger partial charge in [-0.1, -0.05) is 5.10 Å². The second-order valence-corrected chi connectivity index (χ2v) is 0.902. The van der Waals surface area contributed by atoms with Crippen LogP contribution in [0.4, 0.5) is 0 Å². The molecule has 1 aromatic rings. The van der Waals surface area contributed by atoms with Gasteiger partial charge in [-0.25, -0.2) is 0 Å². The lowest BCUT2D eigenvalue weighted by molar-refractivity contribution is 0.261. The van der Waals surface area contributed by atoms with Gasteiger partial charge in [0.15, 0.2) is 0 Å². The highest BCUT2D eigenvalue weighted by Crippen LogP contribution is 2.17. The third kappa shape index (κ3) is 0.466. The van der Waals surface area contributed by atoms with E-state index in [1.807, 2.05) is 0 Å². The van der Waals surface area contributed by atoms with Gasteiger partial charge in [0.05, 0.1) is 0 Å². The summed E-state index contributed by atoms with van der Waals surface area (Å²) in [5.41, 5.74) is 0. The van der Waals surface area contributed by atoms with E-state index in [-0.39, 0.29) is 0 Å². The van der Waals surface area contributed by atoms with Gasteiger partial charge in [0.1, 0.15) is 0 Å². The maximum absolute atomic E-state index is 8.24. The Morgan fingerprint density at radius 1 is 1.43 bits per heavy atom. The molecule has 0 unspecified atom stereocenters. The molecule has 1 rings (SSSR count). The second kappa shape index (κ2) is 1.11. The van der Waals surface area contributed by atoms with Crippen LogP contribution < -0.4 is 0 Å². The van der Waals surface area contributed by atoms with Gasteiger partial charge in [0.25, 0.3) is 0 Å². The molecule has 1 aromatic heterocycles. The summed E-state index contributed by atoms with van der Waals surface area (Å²) >= 11 is 0. The highest BCUT2D eigenvalue weighted by Gasteiger charge is 2.01. The SMILES string of the molecule is Oc1nnoc1O. The molecule has 0 saturated heterocycles. The van der Waals surface area contributed by atoms with Crippen LogP contribution in [0.2, 0.25) is 0 Å². The minimum absolute atomic E-state index is 0.583. The van der Waals surface area contributed by atoms with Gasteiger partial charge in [-0.05, 0) is 0 Å².